The summed E-state index contributed by atoms with van der Waals surface area (Å²) >= 11 is 6.87. The molecule has 0 N–H and O–H groups in total. The van der Waals surface area contributed by atoms with Crippen LogP contribution in [0.4, 0.5) is 0 Å². The number of aliphatic imine (C=N–C) groups is 1. The second-order valence-electron chi connectivity index (χ2n) is 6.17. The minimum atomic E-state index is -0.553. The summed E-state index contributed by atoms with van der Waals surface area (Å²) in [7, 11) is 0. The first kappa shape index (κ1) is 23.0. The third-order valence-corrected chi connectivity index (χ3v) is 5.28. The van der Waals surface area contributed by atoms with Gasteiger partial charge in [0.2, 0.25) is 5.90 Å². The Hall–Kier alpha value is -2.65. The predicted octanol–water partition coefficient (Wildman–Crippen LogP) is 4.90. The monoisotopic (exact) mass is 551 g/mol. The zero-order valence-corrected chi connectivity index (χ0v) is 20.0. The molecule has 0 spiro atoms. The number of carbonyl (C=O) groups excluding carboxylic acids is 2. The van der Waals surface area contributed by atoms with Gasteiger partial charge in [-0.1, -0.05) is 12.1 Å². The highest BCUT2D eigenvalue weighted by Crippen LogP contribution is 2.38. The summed E-state index contributed by atoms with van der Waals surface area (Å²) in [5.41, 5.74) is 1.47. The number of hydrogen-bond donors (Lipinski definition) is 0. The largest absolute Gasteiger partial charge is 0.490 e. The summed E-state index contributed by atoms with van der Waals surface area (Å²) in [6, 6.07) is 10.8. The molecule has 0 bridgehead atoms. The Morgan fingerprint density at radius 2 is 1.87 bits per heavy atom. The van der Waals surface area contributed by atoms with Gasteiger partial charge in [0.25, 0.3) is 0 Å². The van der Waals surface area contributed by atoms with Crippen molar-refractivity contribution in [3.05, 3.63) is 62.2 Å². The lowest BCUT2D eigenvalue weighted by molar-refractivity contribution is -0.145. The number of esters is 2. The van der Waals surface area contributed by atoms with Gasteiger partial charge in [0, 0.05) is 4.47 Å². The topological polar surface area (TPSA) is 83.4 Å². The first-order chi connectivity index (χ1) is 14.9. The van der Waals surface area contributed by atoms with Crippen LogP contribution >= 0.6 is 31.9 Å². The number of hydrogen-bond acceptors (Lipinski definition) is 7. The standard InChI is InChI=1S/C22H19Br2NO6/c1-3-28-18-11-13(9-16(24)20(18)30-12-19(26)29-4-2)10-17-22(27)31-21(25-17)14-7-5-6-8-15(14)23/h5-11H,3-4,12H2,1-2H3/b17-10-. The van der Waals surface area contributed by atoms with Gasteiger partial charge in [-0.3, -0.25) is 0 Å². The van der Waals surface area contributed by atoms with Crippen LogP contribution < -0.4 is 9.47 Å². The summed E-state index contributed by atoms with van der Waals surface area (Å²) in [5, 5.41) is 0. The van der Waals surface area contributed by atoms with Crippen LogP contribution in [0.3, 0.4) is 0 Å². The molecule has 0 amide bonds. The van der Waals surface area contributed by atoms with E-state index in [9.17, 15) is 9.59 Å². The molecule has 2 aromatic carbocycles. The van der Waals surface area contributed by atoms with E-state index >= 15 is 0 Å². The summed E-state index contributed by atoms with van der Waals surface area (Å²) in [6.45, 7) is 3.96. The fourth-order valence-electron chi connectivity index (χ4n) is 2.72. The smallest absolute Gasteiger partial charge is 0.363 e. The Balaban J connectivity index is 1.90. The molecule has 1 aliphatic rings. The molecule has 0 fully saturated rings. The Bertz CT molecular complexity index is 1060. The number of rotatable bonds is 8. The van der Waals surface area contributed by atoms with Crippen molar-refractivity contribution in [1.82, 2.24) is 0 Å². The van der Waals surface area contributed by atoms with Crippen LogP contribution in [-0.4, -0.2) is 37.7 Å². The molecule has 0 unspecified atom stereocenters. The number of halogens is 2. The van der Waals surface area contributed by atoms with Crippen molar-refractivity contribution in [2.24, 2.45) is 4.99 Å². The van der Waals surface area contributed by atoms with Gasteiger partial charge in [-0.15, -0.1) is 0 Å². The Kier molecular flexibility index (Phi) is 7.86. The summed E-state index contributed by atoms with van der Waals surface area (Å²) in [4.78, 5) is 28.3. The molecule has 3 rings (SSSR count). The molecular weight excluding hydrogens is 534 g/mol. The van der Waals surface area contributed by atoms with E-state index in [1.54, 1.807) is 31.2 Å². The summed E-state index contributed by atoms with van der Waals surface area (Å²) in [5.74, 6) is -0.0341. The van der Waals surface area contributed by atoms with E-state index in [0.717, 1.165) is 4.47 Å². The van der Waals surface area contributed by atoms with Crippen molar-refractivity contribution in [2.45, 2.75) is 13.8 Å². The third-order valence-electron chi connectivity index (χ3n) is 4.00. The molecule has 1 heterocycles. The molecule has 162 valence electrons. The van der Waals surface area contributed by atoms with Crippen LogP contribution in [0.15, 0.2) is 56.0 Å². The Morgan fingerprint density at radius 1 is 1.10 bits per heavy atom. The highest BCUT2D eigenvalue weighted by atomic mass is 79.9. The number of benzene rings is 2. The maximum absolute atomic E-state index is 12.3. The number of nitrogens with zero attached hydrogens (tertiary/aromatic N) is 1. The van der Waals surface area contributed by atoms with Gasteiger partial charge >= 0.3 is 11.9 Å². The van der Waals surface area contributed by atoms with Gasteiger partial charge in [-0.2, -0.15) is 0 Å². The van der Waals surface area contributed by atoms with Crippen LogP contribution in [-0.2, 0) is 19.1 Å². The molecule has 0 radical (unpaired) electrons. The van der Waals surface area contributed by atoms with Crippen molar-refractivity contribution >= 4 is 55.8 Å². The van der Waals surface area contributed by atoms with Crippen LogP contribution in [0.25, 0.3) is 6.08 Å². The van der Waals surface area contributed by atoms with Gasteiger partial charge in [0.15, 0.2) is 23.8 Å². The third kappa shape index (κ3) is 5.74. The van der Waals surface area contributed by atoms with Crippen molar-refractivity contribution in [2.75, 3.05) is 19.8 Å². The van der Waals surface area contributed by atoms with Crippen LogP contribution in [0.2, 0.25) is 0 Å². The molecule has 0 saturated carbocycles. The van der Waals surface area contributed by atoms with E-state index in [2.05, 4.69) is 36.9 Å². The lowest BCUT2D eigenvalue weighted by Crippen LogP contribution is -2.15. The SMILES string of the molecule is CCOC(=O)COc1c(Br)cc(/C=C2\N=C(c3ccccc3Br)OC2=O)cc1OCC. The predicted molar refractivity (Wildman–Crippen MR) is 122 cm³/mol. The van der Waals surface area contributed by atoms with E-state index in [4.69, 9.17) is 18.9 Å². The molecule has 0 aromatic heterocycles. The molecular formula is C22H19Br2NO6. The van der Waals surface area contributed by atoms with E-state index in [0.29, 0.717) is 33.7 Å². The minimum Gasteiger partial charge on any atom is -0.490 e. The fourth-order valence-corrected chi connectivity index (χ4v) is 3.75. The highest BCUT2D eigenvalue weighted by Gasteiger charge is 2.25. The van der Waals surface area contributed by atoms with Gasteiger partial charge in [0.1, 0.15) is 0 Å². The second kappa shape index (κ2) is 10.6. The fraction of sp³-hybridized carbons (Fsp3) is 0.227. The Labute approximate surface area is 196 Å². The van der Waals surface area contributed by atoms with Gasteiger partial charge in [-0.05, 0) is 81.6 Å². The average Bonchev–Trinajstić information content (AvgIpc) is 3.08. The molecule has 2 aromatic rings. The Morgan fingerprint density at radius 3 is 2.58 bits per heavy atom. The van der Waals surface area contributed by atoms with Crippen LogP contribution in [0, 0.1) is 0 Å². The normalized spacial score (nSPS) is 14.3. The van der Waals surface area contributed by atoms with Crippen molar-refractivity contribution in [3.63, 3.8) is 0 Å². The molecule has 7 nitrogen and oxygen atoms in total. The van der Waals surface area contributed by atoms with Gasteiger partial charge < -0.3 is 18.9 Å². The maximum Gasteiger partial charge on any atom is 0.363 e. The van der Waals surface area contributed by atoms with Gasteiger partial charge in [-0.25, -0.2) is 14.6 Å². The number of cyclic esters (lactones) is 1. The molecule has 0 saturated heterocycles. The first-order valence-corrected chi connectivity index (χ1v) is 11.0. The van der Waals surface area contributed by atoms with E-state index < -0.39 is 11.9 Å². The minimum absolute atomic E-state index is 0.153. The zero-order valence-electron chi connectivity index (χ0n) is 16.8. The van der Waals surface area contributed by atoms with Crippen LogP contribution in [0.5, 0.6) is 11.5 Å². The van der Waals surface area contributed by atoms with Crippen molar-refractivity contribution in [3.8, 4) is 11.5 Å². The first-order valence-electron chi connectivity index (χ1n) is 9.45. The number of ether oxygens (including phenoxy) is 4. The van der Waals surface area contributed by atoms with Crippen molar-refractivity contribution < 1.29 is 28.5 Å². The van der Waals surface area contributed by atoms with Crippen LogP contribution in [0.1, 0.15) is 25.0 Å². The quantitative estimate of drug-likeness (QED) is 0.342. The second-order valence-corrected chi connectivity index (χ2v) is 7.88. The molecule has 0 atom stereocenters. The highest BCUT2D eigenvalue weighted by molar-refractivity contribution is 9.10. The number of carbonyl (C=O) groups is 2. The molecule has 0 aliphatic carbocycles. The van der Waals surface area contributed by atoms with Crippen molar-refractivity contribution in [1.29, 1.82) is 0 Å². The van der Waals surface area contributed by atoms with E-state index in [-0.39, 0.29) is 24.8 Å². The molecule has 1 aliphatic heterocycles. The van der Waals surface area contributed by atoms with E-state index in [1.807, 2.05) is 25.1 Å². The van der Waals surface area contributed by atoms with Gasteiger partial charge in [0.05, 0.1) is 23.2 Å². The maximum atomic E-state index is 12.3. The summed E-state index contributed by atoms with van der Waals surface area (Å²) < 4.78 is 22.8. The lowest BCUT2D eigenvalue weighted by atomic mass is 10.1. The zero-order chi connectivity index (χ0) is 22.4. The molecule has 9 heteroatoms. The average molecular weight is 553 g/mol. The van der Waals surface area contributed by atoms with E-state index in [1.165, 1.54) is 0 Å². The molecule has 31 heavy (non-hydrogen) atoms. The summed E-state index contributed by atoms with van der Waals surface area (Å²) in [6.07, 6.45) is 1.59. The lowest BCUT2D eigenvalue weighted by Gasteiger charge is -2.14.